The van der Waals surface area contributed by atoms with E-state index in [0.29, 0.717) is 10.8 Å². The zero-order chi connectivity index (χ0) is 12.3. The van der Waals surface area contributed by atoms with Crippen LogP contribution in [0, 0.1) is 0 Å². The van der Waals surface area contributed by atoms with E-state index in [1.165, 1.54) is 15.6 Å². The summed E-state index contributed by atoms with van der Waals surface area (Å²) in [5, 5.41) is 4.87. The molecule has 0 aliphatic carbocycles. The van der Waals surface area contributed by atoms with E-state index in [2.05, 4.69) is 5.32 Å². The molecule has 0 bridgehead atoms. The SMILES string of the molecule is CNCc1csc(S(=O)(=O)N(C)C(C)C)c1. The molecular weight excluding hydrogens is 244 g/mol. The lowest BCUT2D eigenvalue weighted by Crippen LogP contribution is -2.32. The third-order valence-corrected chi connectivity index (χ3v) is 5.87. The first-order chi connectivity index (χ1) is 7.39. The molecule has 0 radical (unpaired) electrons. The van der Waals surface area contributed by atoms with Crippen LogP contribution in [0.15, 0.2) is 15.7 Å². The van der Waals surface area contributed by atoms with E-state index in [-0.39, 0.29) is 6.04 Å². The minimum absolute atomic E-state index is 0.0279. The van der Waals surface area contributed by atoms with Gasteiger partial charge in [0.1, 0.15) is 4.21 Å². The summed E-state index contributed by atoms with van der Waals surface area (Å²) in [6.45, 7) is 4.41. The summed E-state index contributed by atoms with van der Waals surface area (Å²) in [5.74, 6) is 0. The van der Waals surface area contributed by atoms with E-state index in [4.69, 9.17) is 0 Å². The molecule has 16 heavy (non-hydrogen) atoms. The maximum Gasteiger partial charge on any atom is 0.252 e. The molecule has 4 nitrogen and oxygen atoms in total. The van der Waals surface area contributed by atoms with E-state index >= 15 is 0 Å². The number of nitrogens with one attached hydrogen (secondary N) is 1. The van der Waals surface area contributed by atoms with E-state index in [9.17, 15) is 8.42 Å². The van der Waals surface area contributed by atoms with Gasteiger partial charge in [-0.2, -0.15) is 4.31 Å². The van der Waals surface area contributed by atoms with Gasteiger partial charge in [-0.25, -0.2) is 8.42 Å². The van der Waals surface area contributed by atoms with Crippen LogP contribution in [0.4, 0.5) is 0 Å². The lowest BCUT2D eigenvalue weighted by atomic mass is 10.3. The Kier molecular flexibility index (Phi) is 4.49. The summed E-state index contributed by atoms with van der Waals surface area (Å²) in [6, 6.07) is 1.70. The molecule has 6 heteroatoms. The fraction of sp³-hybridized carbons (Fsp3) is 0.600. The van der Waals surface area contributed by atoms with Crippen molar-refractivity contribution in [1.82, 2.24) is 9.62 Å². The molecule has 0 spiro atoms. The van der Waals surface area contributed by atoms with Crippen LogP contribution < -0.4 is 5.32 Å². The van der Waals surface area contributed by atoms with Gasteiger partial charge >= 0.3 is 0 Å². The number of hydrogen-bond acceptors (Lipinski definition) is 4. The highest BCUT2D eigenvalue weighted by atomic mass is 32.2. The average Bonchev–Trinajstić information content (AvgIpc) is 2.66. The van der Waals surface area contributed by atoms with Crippen LogP contribution in [-0.2, 0) is 16.6 Å². The second-order valence-electron chi connectivity index (χ2n) is 3.92. The molecule has 92 valence electrons. The molecule has 0 aliphatic rings. The summed E-state index contributed by atoms with van der Waals surface area (Å²) in [6.07, 6.45) is 0. The molecule has 0 aromatic carbocycles. The van der Waals surface area contributed by atoms with Gasteiger partial charge in [-0.3, -0.25) is 0 Å². The Balaban J connectivity index is 2.98. The quantitative estimate of drug-likeness (QED) is 0.875. The highest BCUT2D eigenvalue weighted by molar-refractivity contribution is 7.91. The van der Waals surface area contributed by atoms with Crippen LogP contribution in [-0.4, -0.2) is 32.9 Å². The van der Waals surface area contributed by atoms with E-state index in [1.807, 2.05) is 26.3 Å². The molecule has 0 saturated carbocycles. The standard InChI is InChI=1S/C10H18N2O2S2/c1-8(2)12(4)16(13,14)10-5-9(6-11-3)7-15-10/h5,7-8,11H,6H2,1-4H3. The smallest absolute Gasteiger partial charge is 0.252 e. The predicted octanol–water partition coefficient (Wildman–Crippen LogP) is 1.50. The summed E-state index contributed by atoms with van der Waals surface area (Å²) < 4.78 is 26.0. The Morgan fingerprint density at radius 2 is 2.12 bits per heavy atom. The van der Waals surface area contributed by atoms with Crippen molar-refractivity contribution >= 4 is 21.4 Å². The number of rotatable bonds is 5. The minimum Gasteiger partial charge on any atom is -0.316 e. The lowest BCUT2D eigenvalue weighted by Gasteiger charge is -2.19. The number of sulfonamides is 1. The van der Waals surface area contributed by atoms with Crippen LogP contribution in [0.1, 0.15) is 19.4 Å². The summed E-state index contributed by atoms with van der Waals surface area (Å²) in [7, 11) is 0.136. The summed E-state index contributed by atoms with van der Waals surface area (Å²) >= 11 is 1.27. The normalized spacial score (nSPS) is 12.6. The Bertz CT molecular complexity index is 437. The minimum atomic E-state index is -3.31. The first kappa shape index (κ1) is 13.6. The second-order valence-corrected chi connectivity index (χ2v) is 7.05. The Hall–Kier alpha value is -0.430. The van der Waals surface area contributed by atoms with Gasteiger partial charge in [0.2, 0.25) is 0 Å². The Morgan fingerprint density at radius 3 is 2.62 bits per heavy atom. The van der Waals surface area contributed by atoms with Crippen LogP contribution in [0.3, 0.4) is 0 Å². The van der Waals surface area contributed by atoms with Gasteiger partial charge in [-0.05, 0) is 37.9 Å². The van der Waals surface area contributed by atoms with E-state index in [0.717, 1.165) is 5.56 Å². The van der Waals surface area contributed by atoms with Gasteiger partial charge in [0.15, 0.2) is 0 Å². The fourth-order valence-electron chi connectivity index (χ4n) is 1.20. The van der Waals surface area contributed by atoms with Crippen molar-refractivity contribution in [2.45, 2.75) is 30.6 Å². The van der Waals surface area contributed by atoms with Gasteiger partial charge in [-0.15, -0.1) is 11.3 Å². The highest BCUT2D eigenvalue weighted by Crippen LogP contribution is 2.24. The predicted molar refractivity (Wildman–Crippen MR) is 67.2 cm³/mol. The number of nitrogens with zero attached hydrogens (tertiary/aromatic N) is 1. The molecule has 0 amide bonds. The van der Waals surface area contributed by atoms with Crippen molar-refractivity contribution in [2.75, 3.05) is 14.1 Å². The largest absolute Gasteiger partial charge is 0.316 e. The van der Waals surface area contributed by atoms with Crippen molar-refractivity contribution in [1.29, 1.82) is 0 Å². The molecule has 1 rings (SSSR count). The van der Waals surface area contributed by atoms with Crippen molar-refractivity contribution in [2.24, 2.45) is 0 Å². The van der Waals surface area contributed by atoms with Gasteiger partial charge < -0.3 is 5.32 Å². The van der Waals surface area contributed by atoms with Crippen LogP contribution in [0.25, 0.3) is 0 Å². The fourth-order valence-corrected chi connectivity index (χ4v) is 3.97. The zero-order valence-electron chi connectivity index (χ0n) is 10.0. The molecule has 1 aromatic heterocycles. The second kappa shape index (κ2) is 5.27. The molecule has 0 atom stereocenters. The maximum absolute atomic E-state index is 12.1. The molecule has 1 heterocycles. The molecule has 0 unspecified atom stereocenters. The third-order valence-electron chi connectivity index (χ3n) is 2.37. The van der Waals surface area contributed by atoms with Gasteiger partial charge in [-0.1, -0.05) is 0 Å². The summed E-state index contributed by atoms with van der Waals surface area (Å²) in [4.78, 5) is 0. The Labute approximate surface area is 101 Å². The van der Waals surface area contributed by atoms with Gasteiger partial charge in [0, 0.05) is 19.6 Å². The van der Waals surface area contributed by atoms with Crippen LogP contribution in [0.2, 0.25) is 0 Å². The topological polar surface area (TPSA) is 49.4 Å². The molecular formula is C10H18N2O2S2. The number of hydrogen-bond donors (Lipinski definition) is 1. The molecule has 0 saturated heterocycles. The van der Waals surface area contributed by atoms with Crippen molar-refractivity contribution < 1.29 is 8.42 Å². The summed E-state index contributed by atoms with van der Waals surface area (Å²) in [5.41, 5.74) is 1.00. The van der Waals surface area contributed by atoms with Crippen LogP contribution >= 0.6 is 11.3 Å². The van der Waals surface area contributed by atoms with Gasteiger partial charge in [0.25, 0.3) is 10.0 Å². The van der Waals surface area contributed by atoms with Crippen molar-refractivity contribution in [3.8, 4) is 0 Å². The third kappa shape index (κ3) is 2.82. The highest BCUT2D eigenvalue weighted by Gasteiger charge is 2.24. The molecule has 0 aliphatic heterocycles. The number of thiophene rings is 1. The lowest BCUT2D eigenvalue weighted by molar-refractivity contribution is 0.412. The van der Waals surface area contributed by atoms with Crippen molar-refractivity contribution in [3.05, 3.63) is 17.0 Å². The molecule has 1 N–H and O–H groups in total. The maximum atomic E-state index is 12.1. The van der Waals surface area contributed by atoms with Crippen LogP contribution in [0.5, 0.6) is 0 Å². The van der Waals surface area contributed by atoms with E-state index < -0.39 is 10.0 Å². The average molecular weight is 262 g/mol. The monoisotopic (exact) mass is 262 g/mol. The molecule has 0 fully saturated rings. The first-order valence-corrected chi connectivity index (χ1v) is 7.41. The Morgan fingerprint density at radius 1 is 1.50 bits per heavy atom. The molecule has 1 aromatic rings. The first-order valence-electron chi connectivity index (χ1n) is 5.09. The van der Waals surface area contributed by atoms with Gasteiger partial charge in [0.05, 0.1) is 0 Å². The zero-order valence-corrected chi connectivity index (χ0v) is 11.7. The van der Waals surface area contributed by atoms with E-state index in [1.54, 1.807) is 13.1 Å². The van der Waals surface area contributed by atoms with Crippen molar-refractivity contribution in [3.63, 3.8) is 0 Å².